The van der Waals surface area contributed by atoms with Gasteiger partial charge in [0.1, 0.15) is 18.1 Å². The van der Waals surface area contributed by atoms with Crippen molar-refractivity contribution in [3.8, 4) is 22.6 Å². The summed E-state index contributed by atoms with van der Waals surface area (Å²) < 4.78 is 124. The number of pyridine rings is 1. The second-order valence-electron chi connectivity index (χ2n) is 10.3. The van der Waals surface area contributed by atoms with Crippen molar-refractivity contribution in [2.24, 2.45) is 5.92 Å². The van der Waals surface area contributed by atoms with E-state index in [0.717, 1.165) is 48.7 Å². The number of halogens is 7. The van der Waals surface area contributed by atoms with Crippen LogP contribution in [0.4, 0.5) is 30.7 Å². The number of carbonyl (C=O) groups excluding carboxylic acids is 1. The number of fused-ring (bicyclic) bond motifs is 1. The Hall–Kier alpha value is -4.24. The van der Waals surface area contributed by atoms with Gasteiger partial charge in [0.15, 0.2) is 5.78 Å². The summed E-state index contributed by atoms with van der Waals surface area (Å²) in [6.45, 7) is 1.86. The number of ether oxygens (including phenoxy) is 1. The summed E-state index contributed by atoms with van der Waals surface area (Å²) in [4.78, 5) is 20.0. The normalized spacial score (nSPS) is 14.7. The lowest BCUT2D eigenvalue weighted by Gasteiger charge is -2.37. The molecule has 15 heteroatoms. The van der Waals surface area contributed by atoms with E-state index in [-0.39, 0.29) is 45.7 Å². The van der Waals surface area contributed by atoms with E-state index in [2.05, 4.69) is 9.17 Å². The van der Waals surface area contributed by atoms with E-state index in [4.69, 9.17) is 4.74 Å². The van der Waals surface area contributed by atoms with Gasteiger partial charge in [-0.25, -0.2) is 0 Å². The Morgan fingerprint density at radius 1 is 0.911 bits per heavy atom. The van der Waals surface area contributed by atoms with Crippen LogP contribution < -0.4 is 8.92 Å². The Morgan fingerprint density at radius 3 is 2.16 bits per heavy atom. The molecule has 3 aromatic carbocycles. The minimum absolute atomic E-state index is 0.0408. The molecule has 0 bridgehead atoms. The molecule has 0 unspecified atom stereocenters. The molecule has 0 aliphatic carbocycles. The molecular weight excluding hydrogens is 633 g/mol. The first kappa shape index (κ1) is 32.2. The van der Waals surface area contributed by atoms with Gasteiger partial charge in [0.25, 0.3) is 0 Å². The van der Waals surface area contributed by atoms with E-state index in [1.165, 1.54) is 12.1 Å². The Bertz CT molecular complexity index is 1800. The molecule has 2 heterocycles. The minimum Gasteiger partial charge on any atom is -0.492 e. The number of hydrogen-bond donors (Lipinski definition) is 0. The van der Waals surface area contributed by atoms with Crippen LogP contribution >= 0.6 is 0 Å². The van der Waals surface area contributed by atoms with Crippen molar-refractivity contribution in [3.63, 3.8) is 0 Å². The average Bonchev–Trinajstić information content (AvgIpc) is 2.96. The van der Waals surface area contributed by atoms with Gasteiger partial charge in [0, 0.05) is 59.9 Å². The molecule has 7 nitrogen and oxygen atoms in total. The van der Waals surface area contributed by atoms with Crippen molar-refractivity contribution in [2.75, 3.05) is 32.9 Å². The molecule has 1 saturated heterocycles. The van der Waals surface area contributed by atoms with Gasteiger partial charge in [-0.1, -0.05) is 12.1 Å². The van der Waals surface area contributed by atoms with Crippen LogP contribution in [0.3, 0.4) is 0 Å². The van der Waals surface area contributed by atoms with Crippen LogP contribution in [0.15, 0.2) is 72.9 Å². The molecule has 1 aliphatic rings. The molecule has 0 atom stereocenters. The molecule has 0 radical (unpaired) electrons. The van der Waals surface area contributed by atoms with Crippen LogP contribution in [0.25, 0.3) is 22.0 Å². The van der Waals surface area contributed by atoms with E-state index >= 15 is 0 Å². The number of benzene rings is 3. The molecule has 0 N–H and O–H groups in total. The SMILES string of the molecule is O=C(c1ccc(OCCN2CC(CF)C2)cc1)c1c(-c2ccc(C(F)(F)F)cc2)cnc2cc(OS(=O)(=O)C(F)(F)F)ccc12. The minimum atomic E-state index is -5.99. The molecule has 1 aromatic heterocycles. The van der Waals surface area contributed by atoms with Gasteiger partial charge in [-0.15, -0.1) is 0 Å². The fourth-order valence-electron chi connectivity index (χ4n) is 4.80. The third-order valence-corrected chi connectivity index (χ3v) is 8.10. The average molecular weight is 657 g/mol. The van der Waals surface area contributed by atoms with Gasteiger partial charge >= 0.3 is 21.8 Å². The number of hydrogen-bond acceptors (Lipinski definition) is 7. The third kappa shape index (κ3) is 7.04. The lowest BCUT2D eigenvalue weighted by Crippen LogP contribution is -2.49. The standard InChI is InChI=1S/C30H23F7N2O5S/c31-14-18-16-39(17-18)11-12-43-22-7-3-20(4-8-22)28(40)27-24-10-9-23(44-45(41,42)30(35,36)37)13-26(24)38-15-25(27)19-1-5-21(6-2-19)29(32,33)34/h1-10,13,15,18H,11-12,14,16-17H2. The predicted molar refractivity (Wildman–Crippen MR) is 149 cm³/mol. The summed E-state index contributed by atoms with van der Waals surface area (Å²) in [5.41, 5.74) is -6.29. The summed E-state index contributed by atoms with van der Waals surface area (Å²) in [7, 11) is -5.99. The number of likely N-dealkylation sites (tertiary alicyclic amines) is 1. The highest BCUT2D eigenvalue weighted by molar-refractivity contribution is 7.88. The summed E-state index contributed by atoms with van der Waals surface area (Å²) >= 11 is 0. The topological polar surface area (TPSA) is 85.8 Å². The lowest BCUT2D eigenvalue weighted by molar-refractivity contribution is -0.137. The second-order valence-corrected chi connectivity index (χ2v) is 11.8. The molecule has 238 valence electrons. The summed E-state index contributed by atoms with van der Waals surface area (Å²) in [5, 5.41) is 0.0793. The molecule has 0 spiro atoms. The maximum absolute atomic E-state index is 13.9. The van der Waals surface area contributed by atoms with Crippen molar-refractivity contribution in [1.82, 2.24) is 9.88 Å². The summed E-state index contributed by atoms with van der Waals surface area (Å²) in [6.07, 6.45) is -3.46. The number of rotatable bonds is 10. The van der Waals surface area contributed by atoms with Crippen molar-refractivity contribution < 1.29 is 52.9 Å². The third-order valence-electron chi connectivity index (χ3n) is 7.12. The van der Waals surface area contributed by atoms with E-state index in [1.54, 1.807) is 12.1 Å². The monoisotopic (exact) mass is 656 g/mol. The van der Waals surface area contributed by atoms with E-state index in [9.17, 15) is 43.9 Å². The van der Waals surface area contributed by atoms with Crippen LogP contribution in [0.5, 0.6) is 11.5 Å². The van der Waals surface area contributed by atoms with Crippen molar-refractivity contribution >= 4 is 26.8 Å². The van der Waals surface area contributed by atoms with Gasteiger partial charge in [0.2, 0.25) is 0 Å². The van der Waals surface area contributed by atoms with Gasteiger partial charge in [-0.05, 0) is 54.1 Å². The Morgan fingerprint density at radius 2 is 1.56 bits per heavy atom. The number of ketones is 1. The second kappa shape index (κ2) is 12.3. The zero-order valence-corrected chi connectivity index (χ0v) is 23.8. The molecule has 0 saturated carbocycles. The number of nitrogens with zero attached hydrogens (tertiary/aromatic N) is 2. The summed E-state index contributed by atoms with van der Waals surface area (Å²) in [6, 6.07) is 12.9. The zero-order chi connectivity index (χ0) is 32.6. The fraction of sp³-hybridized carbons (Fsp3) is 0.267. The van der Waals surface area contributed by atoms with Gasteiger partial charge < -0.3 is 8.92 Å². The maximum Gasteiger partial charge on any atom is 0.534 e. The number of aromatic nitrogens is 1. The Kier molecular flexibility index (Phi) is 8.77. The summed E-state index contributed by atoms with van der Waals surface area (Å²) in [5.74, 6) is -0.824. The van der Waals surface area contributed by atoms with Gasteiger partial charge in [-0.2, -0.15) is 34.8 Å². The van der Waals surface area contributed by atoms with Crippen molar-refractivity contribution in [3.05, 3.63) is 89.6 Å². The predicted octanol–water partition coefficient (Wildman–Crippen LogP) is 6.66. The molecule has 5 rings (SSSR count). The highest BCUT2D eigenvalue weighted by Gasteiger charge is 2.48. The molecular formula is C30H23F7N2O5S. The van der Waals surface area contributed by atoms with Crippen LogP contribution in [0, 0.1) is 5.92 Å². The highest BCUT2D eigenvalue weighted by atomic mass is 32.2. The number of carbonyl (C=O) groups is 1. The van der Waals surface area contributed by atoms with Gasteiger partial charge in [0.05, 0.1) is 17.8 Å². The smallest absolute Gasteiger partial charge is 0.492 e. The molecule has 1 fully saturated rings. The molecule has 0 amide bonds. The fourth-order valence-corrected chi connectivity index (χ4v) is 5.25. The quantitative estimate of drug-likeness (QED) is 0.0817. The Labute approximate surface area is 252 Å². The highest BCUT2D eigenvalue weighted by Crippen LogP contribution is 2.36. The van der Waals surface area contributed by atoms with Crippen LogP contribution in [0.2, 0.25) is 0 Å². The van der Waals surface area contributed by atoms with Crippen LogP contribution in [0.1, 0.15) is 21.5 Å². The first-order valence-corrected chi connectivity index (χ1v) is 14.7. The van der Waals surface area contributed by atoms with Crippen molar-refractivity contribution in [1.29, 1.82) is 0 Å². The maximum atomic E-state index is 13.9. The van der Waals surface area contributed by atoms with E-state index in [0.29, 0.717) is 32.0 Å². The van der Waals surface area contributed by atoms with E-state index in [1.807, 2.05) is 4.90 Å². The molecule has 45 heavy (non-hydrogen) atoms. The lowest BCUT2D eigenvalue weighted by atomic mass is 9.91. The van der Waals surface area contributed by atoms with Gasteiger partial charge in [-0.3, -0.25) is 19.1 Å². The largest absolute Gasteiger partial charge is 0.534 e. The van der Waals surface area contributed by atoms with Crippen LogP contribution in [-0.4, -0.2) is 62.5 Å². The Balaban J connectivity index is 1.47. The number of alkyl halides is 7. The molecule has 4 aromatic rings. The van der Waals surface area contributed by atoms with Crippen molar-refractivity contribution in [2.45, 2.75) is 11.7 Å². The zero-order valence-electron chi connectivity index (χ0n) is 23.0. The molecule has 1 aliphatic heterocycles. The first-order valence-electron chi connectivity index (χ1n) is 13.3. The van der Waals surface area contributed by atoms with E-state index < -0.39 is 38.9 Å². The first-order chi connectivity index (χ1) is 21.2. The van der Waals surface area contributed by atoms with Crippen LogP contribution in [-0.2, 0) is 16.3 Å².